The second-order valence-electron chi connectivity index (χ2n) is 11.8. The maximum absolute atomic E-state index is 13.6. The van der Waals surface area contributed by atoms with Gasteiger partial charge in [0.05, 0.1) is 18.8 Å². The molecular formula is C33H42N4O8. The molecule has 1 fully saturated rings. The van der Waals surface area contributed by atoms with Gasteiger partial charge in [-0.05, 0) is 36.3 Å². The van der Waals surface area contributed by atoms with E-state index in [0.29, 0.717) is 0 Å². The van der Waals surface area contributed by atoms with Crippen LogP contribution in [0.5, 0.6) is 0 Å². The fourth-order valence-electron chi connectivity index (χ4n) is 5.28. The van der Waals surface area contributed by atoms with Crippen molar-refractivity contribution in [3.63, 3.8) is 0 Å². The van der Waals surface area contributed by atoms with Crippen molar-refractivity contribution in [3.8, 4) is 0 Å². The number of hydrogen-bond donors (Lipinski definition) is 5. The Bertz CT molecular complexity index is 1330. The summed E-state index contributed by atoms with van der Waals surface area (Å²) in [5.74, 6) is -5.24. The molecule has 0 radical (unpaired) electrons. The molecule has 0 spiro atoms. The van der Waals surface area contributed by atoms with E-state index >= 15 is 0 Å². The van der Waals surface area contributed by atoms with E-state index in [4.69, 9.17) is 0 Å². The number of carbonyl (C=O) groups excluding carboxylic acids is 4. The summed E-state index contributed by atoms with van der Waals surface area (Å²) in [6, 6.07) is 14.3. The van der Waals surface area contributed by atoms with Crippen LogP contribution in [0.2, 0.25) is 0 Å². The van der Waals surface area contributed by atoms with E-state index in [1.165, 1.54) is 4.90 Å². The topological polar surface area (TPSA) is 182 Å². The average Bonchev–Trinajstić information content (AvgIpc) is 3.00. The van der Waals surface area contributed by atoms with Gasteiger partial charge in [-0.2, -0.15) is 0 Å². The summed E-state index contributed by atoms with van der Waals surface area (Å²) in [5.41, 5.74) is 1.50. The third kappa shape index (κ3) is 11.4. The van der Waals surface area contributed by atoms with Crippen molar-refractivity contribution in [1.29, 1.82) is 0 Å². The highest BCUT2D eigenvalue weighted by Crippen LogP contribution is 2.19. The van der Waals surface area contributed by atoms with Gasteiger partial charge in [-0.25, -0.2) is 0 Å². The van der Waals surface area contributed by atoms with Crippen LogP contribution in [0.3, 0.4) is 0 Å². The number of carboxylic acid groups (broad SMARTS) is 2. The molecule has 0 unspecified atom stereocenters. The largest absolute Gasteiger partial charge is 0.481 e. The summed E-state index contributed by atoms with van der Waals surface area (Å²) < 4.78 is 0. The monoisotopic (exact) mass is 622 g/mol. The van der Waals surface area contributed by atoms with Crippen molar-refractivity contribution in [2.24, 2.45) is 11.8 Å². The Kier molecular flexibility index (Phi) is 13.1. The van der Waals surface area contributed by atoms with Gasteiger partial charge in [-0.15, -0.1) is 0 Å². The Morgan fingerprint density at radius 3 is 1.82 bits per heavy atom. The third-order valence-electron chi connectivity index (χ3n) is 7.63. The highest BCUT2D eigenvalue weighted by Gasteiger charge is 2.35. The van der Waals surface area contributed by atoms with Gasteiger partial charge in [0, 0.05) is 19.5 Å². The van der Waals surface area contributed by atoms with Crippen molar-refractivity contribution in [2.45, 2.75) is 70.5 Å². The Hall–Kier alpha value is -4.74. The molecule has 0 bridgehead atoms. The van der Waals surface area contributed by atoms with Crippen LogP contribution < -0.4 is 16.0 Å². The number of rotatable bonds is 15. The van der Waals surface area contributed by atoms with Gasteiger partial charge >= 0.3 is 11.9 Å². The van der Waals surface area contributed by atoms with Crippen LogP contribution in [0.15, 0.2) is 60.7 Å². The summed E-state index contributed by atoms with van der Waals surface area (Å²) in [4.78, 5) is 77.9. The van der Waals surface area contributed by atoms with E-state index in [2.05, 4.69) is 16.0 Å². The lowest BCUT2D eigenvalue weighted by Crippen LogP contribution is -2.58. The molecule has 0 saturated carbocycles. The van der Waals surface area contributed by atoms with Crippen LogP contribution >= 0.6 is 0 Å². The Labute approximate surface area is 262 Å². The smallest absolute Gasteiger partial charge is 0.306 e. The molecule has 4 amide bonds. The number of nitrogens with zero attached hydrogens (tertiary/aromatic N) is 1. The van der Waals surface area contributed by atoms with E-state index in [0.717, 1.165) is 11.1 Å². The lowest BCUT2D eigenvalue weighted by Gasteiger charge is -2.33. The standard InChI is InChI=1S/C33H42N4O8/c1-21(2)17-25(34-28(38)19-23-11-7-4-8-12-23)30(41)35-26(20-29(39)40)31(42)36-27(18-22-9-5-3-6-10-22)32(43)37-15-13-24(14-16-37)33(44)45/h3-12,21,24-27H,13-20H2,1-2H3,(H,34,38)(H,35,41)(H,36,42)(H,39,40)(H,44,45)/t25-,26-,27-/m0/s1. The van der Waals surface area contributed by atoms with Gasteiger partial charge < -0.3 is 31.1 Å². The Morgan fingerprint density at radius 2 is 1.29 bits per heavy atom. The van der Waals surface area contributed by atoms with Crippen LogP contribution in [0.1, 0.15) is 50.7 Å². The highest BCUT2D eigenvalue weighted by atomic mass is 16.4. The van der Waals surface area contributed by atoms with Gasteiger partial charge in [-0.3, -0.25) is 28.8 Å². The number of piperidine rings is 1. The highest BCUT2D eigenvalue weighted by molar-refractivity contribution is 5.96. The average molecular weight is 623 g/mol. The molecule has 45 heavy (non-hydrogen) atoms. The van der Waals surface area contributed by atoms with Crippen LogP contribution in [-0.2, 0) is 41.6 Å². The molecule has 5 N–H and O–H groups in total. The van der Waals surface area contributed by atoms with Crippen LogP contribution in [0, 0.1) is 11.8 Å². The first kappa shape index (κ1) is 34.7. The van der Waals surface area contributed by atoms with Gasteiger partial charge in [0.25, 0.3) is 0 Å². The molecule has 3 atom stereocenters. The zero-order valence-electron chi connectivity index (χ0n) is 25.6. The molecule has 0 aromatic heterocycles. The first-order chi connectivity index (χ1) is 21.4. The number of hydrogen-bond acceptors (Lipinski definition) is 6. The van der Waals surface area contributed by atoms with Crippen LogP contribution in [0.4, 0.5) is 0 Å². The Balaban J connectivity index is 1.76. The zero-order valence-corrected chi connectivity index (χ0v) is 25.6. The van der Waals surface area contributed by atoms with E-state index in [1.807, 2.05) is 19.9 Å². The van der Waals surface area contributed by atoms with E-state index in [1.54, 1.807) is 54.6 Å². The minimum Gasteiger partial charge on any atom is -0.481 e. The van der Waals surface area contributed by atoms with Gasteiger partial charge in [-0.1, -0.05) is 74.5 Å². The summed E-state index contributed by atoms with van der Waals surface area (Å²) in [7, 11) is 0. The van der Waals surface area contributed by atoms with Crippen molar-refractivity contribution in [3.05, 3.63) is 71.8 Å². The molecule has 1 aliphatic rings. The molecular weight excluding hydrogens is 580 g/mol. The Morgan fingerprint density at radius 1 is 0.756 bits per heavy atom. The van der Waals surface area contributed by atoms with Crippen molar-refractivity contribution >= 4 is 35.6 Å². The minimum absolute atomic E-state index is 0.0114. The number of benzene rings is 2. The number of carboxylic acids is 2. The molecule has 2 aromatic carbocycles. The van der Waals surface area contributed by atoms with E-state index < -0.39 is 66.0 Å². The fourth-order valence-corrected chi connectivity index (χ4v) is 5.28. The summed E-state index contributed by atoms with van der Waals surface area (Å²) in [6.07, 6.45) is 0.184. The van der Waals surface area contributed by atoms with Gasteiger partial charge in [0.1, 0.15) is 18.1 Å². The number of aliphatic carboxylic acids is 2. The normalized spacial score (nSPS) is 15.4. The third-order valence-corrected chi connectivity index (χ3v) is 7.63. The van der Waals surface area contributed by atoms with Crippen LogP contribution in [-0.4, -0.2) is 81.9 Å². The second kappa shape index (κ2) is 16.9. The first-order valence-corrected chi connectivity index (χ1v) is 15.1. The lowest BCUT2D eigenvalue weighted by atomic mass is 9.95. The zero-order chi connectivity index (χ0) is 32.9. The molecule has 1 saturated heterocycles. The molecule has 1 aliphatic heterocycles. The summed E-state index contributed by atoms with van der Waals surface area (Å²) in [6.45, 7) is 4.13. The summed E-state index contributed by atoms with van der Waals surface area (Å²) >= 11 is 0. The quantitative estimate of drug-likeness (QED) is 0.199. The molecule has 2 aromatic rings. The van der Waals surface area contributed by atoms with Crippen molar-refractivity contribution in [1.82, 2.24) is 20.9 Å². The maximum atomic E-state index is 13.6. The van der Waals surface area contributed by atoms with E-state index in [-0.39, 0.29) is 51.1 Å². The van der Waals surface area contributed by atoms with Gasteiger partial charge in [0.15, 0.2) is 0 Å². The lowest BCUT2D eigenvalue weighted by molar-refractivity contribution is -0.146. The first-order valence-electron chi connectivity index (χ1n) is 15.1. The number of nitrogens with one attached hydrogen (secondary N) is 3. The molecule has 0 aliphatic carbocycles. The van der Waals surface area contributed by atoms with E-state index in [9.17, 15) is 39.0 Å². The number of carbonyl (C=O) groups is 6. The van der Waals surface area contributed by atoms with Gasteiger partial charge in [0.2, 0.25) is 23.6 Å². The van der Waals surface area contributed by atoms with Crippen LogP contribution in [0.25, 0.3) is 0 Å². The molecule has 3 rings (SSSR count). The SMILES string of the molecule is CC(C)C[C@H](NC(=O)Cc1ccccc1)C(=O)N[C@@H](CC(=O)O)C(=O)N[C@@H](Cc1ccccc1)C(=O)N1CCC(C(=O)O)CC1. The van der Waals surface area contributed by atoms with Crippen molar-refractivity contribution in [2.75, 3.05) is 13.1 Å². The maximum Gasteiger partial charge on any atom is 0.306 e. The molecule has 12 nitrogen and oxygen atoms in total. The second-order valence-corrected chi connectivity index (χ2v) is 11.8. The number of amides is 4. The predicted molar refractivity (Wildman–Crippen MR) is 165 cm³/mol. The fraction of sp³-hybridized carbons (Fsp3) is 0.455. The summed E-state index contributed by atoms with van der Waals surface area (Å²) in [5, 5.41) is 26.7. The minimum atomic E-state index is -1.53. The van der Waals surface area contributed by atoms with Crippen molar-refractivity contribution < 1.29 is 39.0 Å². The molecule has 1 heterocycles. The molecule has 242 valence electrons. The predicted octanol–water partition coefficient (Wildman–Crippen LogP) is 1.77. The molecule has 12 heteroatoms. The number of likely N-dealkylation sites (tertiary alicyclic amines) is 1.